The second-order valence-electron chi connectivity index (χ2n) is 4.58. The van der Waals surface area contributed by atoms with Crippen LogP contribution in [0.5, 0.6) is 0 Å². The van der Waals surface area contributed by atoms with Gasteiger partial charge in [-0.1, -0.05) is 5.16 Å². The predicted octanol–water partition coefficient (Wildman–Crippen LogP) is 1.57. The zero-order valence-electron chi connectivity index (χ0n) is 9.85. The quantitative estimate of drug-likeness (QED) is 0.879. The molecule has 1 aromatic rings. The maximum atomic E-state index is 5.89. The van der Waals surface area contributed by atoms with E-state index in [2.05, 4.69) is 17.0 Å². The highest BCUT2D eigenvalue weighted by molar-refractivity contribution is 5.85. The zero-order valence-corrected chi connectivity index (χ0v) is 10.7. The van der Waals surface area contributed by atoms with E-state index in [9.17, 15) is 0 Å². The molecule has 5 heteroatoms. The molecule has 1 saturated heterocycles. The Labute approximate surface area is 103 Å². The summed E-state index contributed by atoms with van der Waals surface area (Å²) in [5.74, 6) is 1.59. The molecule has 16 heavy (non-hydrogen) atoms. The van der Waals surface area contributed by atoms with Crippen LogP contribution in [0, 0.1) is 12.8 Å². The third kappa shape index (κ3) is 3.20. The van der Waals surface area contributed by atoms with Crippen LogP contribution in [0.3, 0.4) is 0 Å². The lowest BCUT2D eigenvalue weighted by molar-refractivity contribution is 0.261. The molecule has 2 N–H and O–H groups in total. The van der Waals surface area contributed by atoms with Crippen LogP contribution in [0.25, 0.3) is 0 Å². The number of likely N-dealkylation sites (tertiary alicyclic amines) is 1. The average Bonchev–Trinajstić information content (AvgIpc) is 2.76. The molecule has 92 valence electrons. The minimum Gasteiger partial charge on any atom is -0.360 e. The van der Waals surface area contributed by atoms with Gasteiger partial charge in [-0.05, 0) is 32.7 Å². The Morgan fingerprint density at radius 3 is 2.94 bits per heavy atom. The van der Waals surface area contributed by atoms with Crippen LogP contribution in [-0.2, 0) is 6.54 Å². The highest BCUT2D eigenvalue weighted by atomic mass is 35.5. The van der Waals surface area contributed by atoms with Crippen LogP contribution >= 0.6 is 12.4 Å². The maximum Gasteiger partial charge on any atom is 0.150 e. The largest absolute Gasteiger partial charge is 0.360 e. The van der Waals surface area contributed by atoms with E-state index in [-0.39, 0.29) is 12.4 Å². The predicted molar refractivity (Wildman–Crippen MR) is 65.5 cm³/mol. The molecule has 0 radical (unpaired) electrons. The van der Waals surface area contributed by atoms with E-state index in [0.29, 0.717) is 12.0 Å². The van der Waals surface area contributed by atoms with E-state index >= 15 is 0 Å². The van der Waals surface area contributed by atoms with Gasteiger partial charge in [-0.2, -0.15) is 0 Å². The van der Waals surface area contributed by atoms with Crippen molar-refractivity contribution < 1.29 is 4.52 Å². The normalized spacial score (nSPS) is 23.1. The summed E-state index contributed by atoms with van der Waals surface area (Å²) in [6, 6.07) is 2.30. The van der Waals surface area contributed by atoms with Crippen molar-refractivity contribution in [2.45, 2.75) is 32.9 Å². The van der Waals surface area contributed by atoms with Gasteiger partial charge in [-0.25, -0.2) is 0 Å². The summed E-state index contributed by atoms with van der Waals surface area (Å²) >= 11 is 0. The number of hydrogen-bond acceptors (Lipinski definition) is 4. The van der Waals surface area contributed by atoms with Crippen LogP contribution in [0.4, 0.5) is 0 Å². The molecular weight excluding hydrogens is 226 g/mol. The minimum absolute atomic E-state index is 0. The minimum atomic E-state index is 0. The summed E-state index contributed by atoms with van der Waals surface area (Å²) in [4.78, 5) is 2.38. The van der Waals surface area contributed by atoms with Crippen molar-refractivity contribution in [1.82, 2.24) is 10.1 Å². The molecule has 0 aliphatic carbocycles. The van der Waals surface area contributed by atoms with Crippen LogP contribution in [0.2, 0.25) is 0 Å². The van der Waals surface area contributed by atoms with Gasteiger partial charge in [0, 0.05) is 18.7 Å². The number of nitrogens with two attached hydrogens (primary N) is 1. The number of aryl methyl sites for hydroxylation is 1. The standard InChI is InChI=1S/C11H19N3O.ClH/c1-8-5-11(15-13-8)7-14-4-3-10(6-14)9(2)12;/h5,9-10H,3-4,6-7,12H2,1-2H3;1H. The highest BCUT2D eigenvalue weighted by Gasteiger charge is 2.25. The van der Waals surface area contributed by atoms with Crippen LogP contribution in [-0.4, -0.2) is 29.2 Å². The third-order valence-corrected chi connectivity index (χ3v) is 3.11. The molecule has 4 nitrogen and oxygen atoms in total. The summed E-state index contributed by atoms with van der Waals surface area (Å²) in [5, 5.41) is 3.89. The fourth-order valence-electron chi connectivity index (χ4n) is 2.15. The van der Waals surface area contributed by atoms with Gasteiger partial charge in [-0.15, -0.1) is 12.4 Å². The van der Waals surface area contributed by atoms with Gasteiger partial charge in [0.15, 0.2) is 5.76 Å². The van der Waals surface area contributed by atoms with Gasteiger partial charge in [0.2, 0.25) is 0 Å². The molecule has 2 unspecified atom stereocenters. The molecule has 1 aromatic heterocycles. The van der Waals surface area contributed by atoms with Gasteiger partial charge in [0.25, 0.3) is 0 Å². The summed E-state index contributed by atoms with van der Waals surface area (Å²) in [6.07, 6.45) is 1.20. The summed E-state index contributed by atoms with van der Waals surface area (Å²) in [5.41, 5.74) is 6.85. The average molecular weight is 246 g/mol. The van der Waals surface area contributed by atoms with Crippen LogP contribution < -0.4 is 5.73 Å². The van der Waals surface area contributed by atoms with E-state index in [1.54, 1.807) is 0 Å². The first-order chi connectivity index (χ1) is 7.15. The van der Waals surface area contributed by atoms with Gasteiger partial charge >= 0.3 is 0 Å². The number of nitrogens with zero attached hydrogens (tertiary/aromatic N) is 2. The third-order valence-electron chi connectivity index (χ3n) is 3.11. The second kappa shape index (κ2) is 5.66. The topological polar surface area (TPSA) is 55.3 Å². The summed E-state index contributed by atoms with van der Waals surface area (Å²) < 4.78 is 5.20. The Hall–Kier alpha value is -0.580. The van der Waals surface area contributed by atoms with Gasteiger partial charge < -0.3 is 10.3 Å². The van der Waals surface area contributed by atoms with E-state index in [1.807, 2.05) is 13.0 Å². The SMILES string of the molecule is Cc1cc(CN2CCC(C(C)N)C2)on1.Cl. The van der Waals surface area contributed by atoms with Crippen molar-refractivity contribution in [1.29, 1.82) is 0 Å². The Morgan fingerprint density at radius 2 is 2.44 bits per heavy atom. The molecule has 2 atom stereocenters. The Morgan fingerprint density at radius 1 is 1.69 bits per heavy atom. The van der Waals surface area contributed by atoms with E-state index in [1.165, 1.54) is 6.42 Å². The smallest absolute Gasteiger partial charge is 0.150 e. The lowest BCUT2D eigenvalue weighted by Crippen LogP contribution is -2.29. The Bertz CT molecular complexity index is 327. The monoisotopic (exact) mass is 245 g/mol. The molecule has 0 saturated carbocycles. The molecule has 1 aliphatic rings. The molecular formula is C11H20ClN3O. The lowest BCUT2D eigenvalue weighted by Gasteiger charge is -2.16. The molecule has 1 aliphatic heterocycles. The molecule has 0 amide bonds. The van der Waals surface area contributed by atoms with Gasteiger partial charge in [-0.3, -0.25) is 4.90 Å². The van der Waals surface area contributed by atoms with Crippen molar-refractivity contribution in [3.8, 4) is 0 Å². The van der Waals surface area contributed by atoms with E-state index < -0.39 is 0 Å². The second-order valence-corrected chi connectivity index (χ2v) is 4.58. The Balaban J connectivity index is 0.00000128. The van der Waals surface area contributed by atoms with E-state index in [4.69, 9.17) is 10.3 Å². The maximum absolute atomic E-state index is 5.89. The van der Waals surface area contributed by atoms with Gasteiger partial charge in [0.1, 0.15) is 0 Å². The molecule has 2 heterocycles. The summed E-state index contributed by atoms with van der Waals surface area (Å²) in [6.45, 7) is 7.10. The highest BCUT2D eigenvalue weighted by Crippen LogP contribution is 2.20. The first-order valence-electron chi connectivity index (χ1n) is 5.55. The number of halogens is 1. The van der Waals surface area contributed by atoms with Crippen molar-refractivity contribution in [2.75, 3.05) is 13.1 Å². The van der Waals surface area contributed by atoms with Crippen molar-refractivity contribution in [2.24, 2.45) is 11.7 Å². The van der Waals surface area contributed by atoms with Crippen LogP contribution in [0.15, 0.2) is 10.6 Å². The first kappa shape index (κ1) is 13.5. The lowest BCUT2D eigenvalue weighted by atomic mass is 10.0. The molecule has 0 spiro atoms. The fourth-order valence-corrected chi connectivity index (χ4v) is 2.15. The summed E-state index contributed by atoms with van der Waals surface area (Å²) in [7, 11) is 0. The molecule has 0 bridgehead atoms. The number of hydrogen-bond donors (Lipinski definition) is 1. The van der Waals surface area contributed by atoms with E-state index in [0.717, 1.165) is 31.1 Å². The fraction of sp³-hybridized carbons (Fsp3) is 0.727. The zero-order chi connectivity index (χ0) is 10.8. The van der Waals surface area contributed by atoms with Crippen molar-refractivity contribution >= 4 is 12.4 Å². The molecule has 2 rings (SSSR count). The van der Waals surface area contributed by atoms with Crippen molar-refractivity contribution in [3.05, 3.63) is 17.5 Å². The Kier molecular flexibility index (Phi) is 4.77. The number of rotatable bonds is 3. The first-order valence-corrected chi connectivity index (χ1v) is 5.55. The molecule has 1 fully saturated rings. The van der Waals surface area contributed by atoms with Gasteiger partial charge in [0.05, 0.1) is 12.2 Å². The van der Waals surface area contributed by atoms with Crippen molar-refractivity contribution in [3.63, 3.8) is 0 Å². The van der Waals surface area contributed by atoms with Crippen LogP contribution in [0.1, 0.15) is 24.8 Å². The number of aromatic nitrogens is 1. The molecule has 0 aromatic carbocycles.